The van der Waals surface area contributed by atoms with Crippen molar-refractivity contribution in [1.82, 2.24) is 5.32 Å². The third-order valence-electron chi connectivity index (χ3n) is 3.64. The summed E-state index contributed by atoms with van der Waals surface area (Å²) in [6, 6.07) is 0. The lowest BCUT2D eigenvalue weighted by Crippen LogP contribution is -2.29. The minimum Gasteiger partial charge on any atom is -0.481 e. The van der Waals surface area contributed by atoms with Crippen LogP contribution in [0, 0.1) is 11.8 Å². The highest BCUT2D eigenvalue weighted by Crippen LogP contribution is 2.31. The van der Waals surface area contributed by atoms with Crippen LogP contribution in [0.4, 0.5) is 0 Å². The van der Waals surface area contributed by atoms with E-state index in [9.17, 15) is 4.79 Å². The molecule has 3 N–H and O–H groups in total. The normalized spacial score (nSPS) is 24.1. The summed E-state index contributed by atoms with van der Waals surface area (Å²) in [6.45, 7) is 2.10. The van der Waals surface area contributed by atoms with Crippen LogP contribution in [0.2, 0.25) is 0 Å². The largest absolute Gasteiger partial charge is 0.481 e. The second kappa shape index (κ2) is 8.48. The molecule has 0 aromatic carbocycles. The predicted molar refractivity (Wildman–Crippen MR) is 66.9 cm³/mol. The van der Waals surface area contributed by atoms with Crippen LogP contribution < -0.4 is 5.32 Å². The number of carbonyl (C=O) groups is 1. The molecular weight excluding hydrogens is 218 g/mol. The first-order chi connectivity index (χ1) is 8.25. The van der Waals surface area contributed by atoms with Gasteiger partial charge in [0, 0.05) is 6.61 Å². The molecule has 1 aliphatic carbocycles. The third kappa shape index (κ3) is 5.50. The lowest BCUT2D eigenvalue weighted by atomic mass is 9.96. The van der Waals surface area contributed by atoms with E-state index in [4.69, 9.17) is 10.2 Å². The Kier molecular flexibility index (Phi) is 7.21. The molecule has 2 atom stereocenters. The van der Waals surface area contributed by atoms with E-state index >= 15 is 0 Å². The van der Waals surface area contributed by atoms with Crippen LogP contribution in [0.5, 0.6) is 0 Å². The highest BCUT2D eigenvalue weighted by molar-refractivity contribution is 5.70. The van der Waals surface area contributed by atoms with Gasteiger partial charge in [-0.15, -0.1) is 0 Å². The number of rotatable bonds is 9. The number of nitrogens with one attached hydrogen (secondary N) is 1. The van der Waals surface area contributed by atoms with Crippen molar-refractivity contribution in [2.45, 2.75) is 44.9 Å². The molecule has 17 heavy (non-hydrogen) atoms. The van der Waals surface area contributed by atoms with Crippen molar-refractivity contribution < 1.29 is 15.0 Å². The van der Waals surface area contributed by atoms with Crippen LogP contribution in [0.15, 0.2) is 0 Å². The van der Waals surface area contributed by atoms with Gasteiger partial charge in [0.2, 0.25) is 0 Å². The zero-order chi connectivity index (χ0) is 12.5. The van der Waals surface area contributed by atoms with Crippen molar-refractivity contribution in [2.24, 2.45) is 11.8 Å². The van der Waals surface area contributed by atoms with E-state index in [1.54, 1.807) is 0 Å². The van der Waals surface area contributed by atoms with E-state index in [-0.39, 0.29) is 12.5 Å². The molecule has 0 spiro atoms. The fourth-order valence-electron chi connectivity index (χ4n) is 2.61. The van der Waals surface area contributed by atoms with Gasteiger partial charge in [-0.3, -0.25) is 4.79 Å². The monoisotopic (exact) mass is 243 g/mol. The van der Waals surface area contributed by atoms with E-state index in [1.807, 2.05) is 0 Å². The second-order valence-corrected chi connectivity index (χ2v) is 4.98. The summed E-state index contributed by atoms with van der Waals surface area (Å²) in [5, 5.41) is 21.0. The molecule has 4 nitrogen and oxygen atoms in total. The van der Waals surface area contributed by atoms with Crippen LogP contribution in [-0.4, -0.2) is 35.9 Å². The molecule has 0 aliphatic heterocycles. The van der Waals surface area contributed by atoms with Crippen LogP contribution in [0.3, 0.4) is 0 Å². The molecular formula is C13H25NO3. The Labute approximate surface area is 103 Å². The van der Waals surface area contributed by atoms with Gasteiger partial charge in [0.05, 0.1) is 5.92 Å². The van der Waals surface area contributed by atoms with Crippen LogP contribution >= 0.6 is 0 Å². The number of aliphatic carboxylic acids is 1. The average molecular weight is 243 g/mol. The molecule has 2 unspecified atom stereocenters. The molecule has 1 fully saturated rings. The van der Waals surface area contributed by atoms with E-state index < -0.39 is 5.97 Å². The van der Waals surface area contributed by atoms with Gasteiger partial charge in [-0.05, 0) is 44.7 Å². The van der Waals surface area contributed by atoms with Crippen molar-refractivity contribution in [2.75, 3.05) is 19.7 Å². The summed E-state index contributed by atoms with van der Waals surface area (Å²) in [6.07, 6.45) is 7.18. The first-order valence-corrected chi connectivity index (χ1v) is 6.80. The molecule has 0 radical (unpaired) electrons. The van der Waals surface area contributed by atoms with Crippen molar-refractivity contribution in [3.63, 3.8) is 0 Å². The maximum atomic E-state index is 11.0. The number of carboxylic acids is 1. The number of hydrogen-bond donors (Lipinski definition) is 3. The molecule has 1 rings (SSSR count). The fourth-order valence-corrected chi connectivity index (χ4v) is 2.61. The minimum atomic E-state index is -0.628. The Morgan fingerprint density at radius 3 is 2.65 bits per heavy atom. The van der Waals surface area contributed by atoms with Gasteiger partial charge in [0.15, 0.2) is 0 Å². The highest BCUT2D eigenvalue weighted by atomic mass is 16.4. The number of aliphatic hydroxyl groups excluding tert-OH is 1. The van der Waals surface area contributed by atoms with Crippen molar-refractivity contribution in [3.8, 4) is 0 Å². The number of aliphatic hydroxyl groups is 1. The molecule has 0 aromatic heterocycles. The Hall–Kier alpha value is -0.610. The summed E-state index contributed by atoms with van der Waals surface area (Å²) < 4.78 is 0. The van der Waals surface area contributed by atoms with Gasteiger partial charge in [0.1, 0.15) is 0 Å². The molecule has 0 heterocycles. The van der Waals surface area contributed by atoms with Gasteiger partial charge in [-0.1, -0.05) is 19.3 Å². The van der Waals surface area contributed by atoms with Gasteiger partial charge in [-0.25, -0.2) is 0 Å². The van der Waals surface area contributed by atoms with Gasteiger partial charge in [-0.2, -0.15) is 0 Å². The highest BCUT2D eigenvalue weighted by Gasteiger charge is 2.32. The molecule has 0 amide bonds. The summed E-state index contributed by atoms with van der Waals surface area (Å²) in [4.78, 5) is 11.0. The molecule has 0 bridgehead atoms. The quantitative estimate of drug-likeness (QED) is 0.538. The summed E-state index contributed by atoms with van der Waals surface area (Å²) >= 11 is 0. The molecule has 0 aromatic rings. The van der Waals surface area contributed by atoms with Gasteiger partial charge < -0.3 is 15.5 Å². The summed E-state index contributed by atoms with van der Waals surface area (Å²) in [7, 11) is 0. The maximum absolute atomic E-state index is 11.0. The Bertz CT molecular complexity index is 221. The topological polar surface area (TPSA) is 69.6 Å². The van der Waals surface area contributed by atoms with Crippen LogP contribution in [0.25, 0.3) is 0 Å². The lowest BCUT2D eigenvalue weighted by Gasteiger charge is -2.16. The molecule has 1 saturated carbocycles. The Morgan fingerprint density at radius 2 is 1.94 bits per heavy atom. The first-order valence-electron chi connectivity index (χ1n) is 6.80. The smallest absolute Gasteiger partial charge is 0.306 e. The zero-order valence-corrected chi connectivity index (χ0v) is 10.5. The van der Waals surface area contributed by atoms with Crippen LogP contribution in [-0.2, 0) is 4.79 Å². The summed E-state index contributed by atoms with van der Waals surface area (Å²) in [5.74, 6) is -0.431. The van der Waals surface area contributed by atoms with Crippen molar-refractivity contribution in [3.05, 3.63) is 0 Å². The van der Waals surface area contributed by atoms with Crippen LogP contribution in [0.1, 0.15) is 44.9 Å². The maximum Gasteiger partial charge on any atom is 0.306 e. The number of hydrogen-bond acceptors (Lipinski definition) is 3. The van der Waals surface area contributed by atoms with E-state index in [2.05, 4.69) is 5.32 Å². The fraction of sp³-hybridized carbons (Fsp3) is 0.923. The average Bonchev–Trinajstić information content (AvgIpc) is 2.76. The van der Waals surface area contributed by atoms with Crippen molar-refractivity contribution in [1.29, 1.82) is 0 Å². The molecule has 1 aliphatic rings. The van der Waals surface area contributed by atoms with E-state index in [0.717, 1.165) is 58.0 Å². The standard InChI is InChI=1S/C13H25NO3/c15-9-4-2-1-3-8-14-10-11-6-5-7-12(11)13(16)17/h11-12,14-15H,1-10H2,(H,16,17). The van der Waals surface area contributed by atoms with E-state index in [0.29, 0.717) is 5.92 Å². The minimum absolute atomic E-state index is 0.128. The van der Waals surface area contributed by atoms with Gasteiger partial charge >= 0.3 is 5.97 Å². The lowest BCUT2D eigenvalue weighted by molar-refractivity contribution is -0.142. The molecule has 100 valence electrons. The third-order valence-corrected chi connectivity index (χ3v) is 3.64. The Morgan fingerprint density at radius 1 is 1.18 bits per heavy atom. The first kappa shape index (κ1) is 14.5. The Balaban J connectivity index is 2.00. The second-order valence-electron chi connectivity index (χ2n) is 4.98. The molecule has 4 heteroatoms. The van der Waals surface area contributed by atoms with Gasteiger partial charge in [0.25, 0.3) is 0 Å². The zero-order valence-electron chi connectivity index (χ0n) is 10.5. The number of unbranched alkanes of at least 4 members (excludes halogenated alkanes) is 3. The van der Waals surface area contributed by atoms with Crippen molar-refractivity contribution >= 4 is 5.97 Å². The predicted octanol–water partition coefficient (Wildman–Crippen LogP) is 1.63. The summed E-state index contributed by atoms with van der Waals surface area (Å²) in [5.41, 5.74) is 0. The SMILES string of the molecule is O=C(O)C1CCCC1CNCCCCCCO. The van der Waals surface area contributed by atoms with E-state index in [1.165, 1.54) is 0 Å². The molecule has 0 saturated heterocycles. The number of carboxylic acid groups (broad SMARTS) is 1.